The van der Waals surface area contributed by atoms with Crippen LogP contribution >= 0.6 is 0 Å². The number of hydrogen-bond donors (Lipinski definition) is 0. The predicted octanol–water partition coefficient (Wildman–Crippen LogP) is 7.41. The molecule has 0 aliphatic heterocycles. The third-order valence-electron chi connectivity index (χ3n) is 8.11. The summed E-state index contributed by atoms with van der Waals surface area (Å²) >= 11 is 0. The summed E-state index contributed by atoms with van der Waals surface area (Å²) in [5.74, 6) is 1.71. The molecule has 0 saturated heterocycles. The fraction of sp³-hybridized carbons (Fsp3) is 0.175. The molecule has 4 aromatic rings. The molecule has 0 heterocycles. The summed E-state index contributed by atoms with van der Waals surface area (Å²) in [5.41, 5.74) is 8.28. The Bertz CT molecular complexity index is 1590. The van der Waals surface area contributed by atoms with E-state index in [0.717, 1.165) is 59.2 Å². The van der Waals surface area contributed by atoms with Crippen molar-refractivity contribution in [2.75, 3.05) is 13.2 Å². The van der Waals surface area contributed by atoms with Gasteiger partial charge in [-0.15, -0.1) is 0 Å². The van der Waals surface area contributed by atoms with Crippen LogP contribution in [0.5, 0.6) is 11.5 Å². The zero-order valence-electron chi connectivity index (χ0n) is 25.4. The summed E-state index contributed by atoms with van der Waals surface area (Å²) < 4.78 is 12.2. The van der Waals surface area contributed by atoms with Crippen LogP contribution in [-0.4, -0.2) is 34.5 Å². The van der Waals surface area contributed by atoms with Crippen LogP contribution in [0.2, 0.25) is 0 Å². The molecule has 0 bridgehead atoms. The van der Waals surface area contributed by atoms with Crippen LogP contribution < -0.4 is 20.4 Å². The summed E-state index contributed by atoms with van der Waals surface area (Å²) in [6, 6.07) is 30.0. The number of hydrogen-bond acceptors (Lipinski definition) is 2. The van der Waals surface area contributed by atoms with Crippen LogP contribution in [0.15, 0.2) is 135 Å². The van der Waals surface area contributed by atoms with Crippen molar-refractivity contribution in [3.05, 3.63) is 157 Å². The zero-order valence-corrected chi connectivity index (χ0v) is 25.4. The maximum absolute atomic E-state index is 6.47. The Morgan fingerprint density at radius 3 is 1.66 bits per heavy atom. The quantitative estimate of drug-likeness (QED) is 0.0740. The van der Waals surface area contributed by atoms with Crippen LogP contribution in [0.4, 0.5) is 0 Å². The molecule has 1 aliphatic carbocycles. The number of rotatable bonds is 15. The van der Waals surface area contributed by atoms with Gasteiger partial charge in [-0.05, 0) is 0 Å². The molecule has 1 aliphatic rings. The standard InChI is InChI=1S/C40H38B2O2/c1-4-6-8-10-12-26-43-34-20-14-30(15-21-34)40(31-16-22-35(23-17-31)44-27-13-11-9-7-5-2)38-28-32(41)18-24-36(38)37-25-19-33(42-3)29-39(37)40/h4-9,14-25,28-29H,1-3,10-13,26-27H2/b8-6+,9-7+. The van der Waals surface area contributed by atoms with Gasteiger partial charge in [-0.1, -0.05) is 49.6 Å². The second kappa shape index (κ2) is 14.8. The predicted molar refractivity (Wildman–Crippen MR) is 190 cm³/mol. The number of allylic oxidation sites excluding steroid dienone is 6. The van der Waals surface area contributed by atoms with Gasteiger partial charge in [-0.25, -0.2) is 0 Å². The van der Waals surface area contributed by atoms with Gasteiger partial charge >= 0.3 is 216 Å². The first-order chi connectivity index (χ1) is 21.6. The van der Waals surface area contributed by atoms with Gasteiger partial charge in [-0.3, -0.25) is 0 Å². The Morgan fingerprint density at radius 1 is 0.659 bits per heavy atom. The number of benzene rings is 4. The fourth-order valence-corrected chi connectivity index (χ4v) is 6.04. The Labute approximate surface area is 264 Å². The van der Waals surface area contributed by atoms with Crippen molar-refractivity contribution in [2.45, 2.75) is 31.1 Å². The Morgan fingerprint density at radius 2 is 1.16 bits per heavy atom. The second-order valence-corrected chi connectivity index (χ2v) is 10.9. The zero-order chi connectivity index (χ0) is 30.8. The van der Waals surface area contributed by atoms with E-state index >= 15 is 0 Å². The Kier molecular flexibility index (Phi) is 10.4. The van der Waals surface area contributed by atoms with E-state index in [0.29, 0.717) is 13.2 Å². The first-order valence-corrected chi connectivity index (χ1v) is 15.3. The molecule has 44 heavy (non-hydrogen) atoms. The molecule has 0 amide bonds. The molecule has 2 nitrogen and oxygen atoms in total. The van der Waals surface area contributed by atoms with Crippen molar-refractivity contribution in [1.82, 2.24) is 0 Å². The molecule has 0 aromatic heterocycles. The average molecular weight is 572 g/mol. The van der Waals surface area contributed by atoms with Crippen LogP contribution in [0.1, 0.15) is 47.9 Å². The van der Waals surface area contributed by atoms with Crippen molar-refractivity contribution in [1.29, 1.82) is 0 Å². The van der Waals surface area contributed by atoms with Crippen LogP contribution in [0, 0.1) is 0 Å². The van der Waals surface area contributed by atoms with Gasteiger partial charge in [-0.2, -0.15) is 0 Å². The molecule has 2 radical (unpaired) electrons. The third-order valence-corrected chi connectivity index (χ3v) is 8.11. The van der Waals surface area contributed by atoms with Crippen molar-refractivity contribution in [3.8, 4) is 22.6 Å². The van der Waals surface area contributed by atoms with Crippen molar-refractivity contribution >= 4 is 32.2 Å². The van der Waals surface area contributed by atoms with Gasteiger partial charge < -0.3 is 0 Å². The van der Waals surface area contributed by atoms with E-state index < -0.39 is 5.41 Å². The minimum atomic E-state index is -0.582. The second-order valence-electron chi connectivity index (χ2n) is 10.9. The van der Waals surface area contributed by atoms with Gasteiger partial charge in [0.05, 0.1) is 0 Å². The molecule has 0 saturated carbocycles. The molecular weight excluding hydrogens is 534 g/mol. The third kappa shape index (κ3) is 6.50. The van der Waals surface area contributed by atoms with E-state index in [-0.39, 0.29) is 0 Å². The van der Waals surface area contributed by atoms with Gasteiger partial charge in [0.2, 0.25) is 0 Å². The van der Waals surface area contributed by atoms with Gasteiger partial charge in [0.25, 0.3) is 0 Å². The average Bonchev–Trinajstić information content (AvgIpc) is 3.34. The van der Waals surface area contributed by atoms with Gasteiger partial charge in [0, 0.05) is 0 Å². The first-order valence-electron chi connectivity index (χ1n) is 15.3. The van der Waals surface area contributed by atoms with E-state index in [1.165, 1.54) is 22.3 Å². The normalized spacial score (nSPS) is 12.9. The molecule has 5 rings (SSSR count). The SMILES string of the molecule is [B]c1ccc2c(c1)C(c1ccc(OCCC/C=C/C=C)cc1)(c1ccc(OCCC/C=C/C=C)cc1)c1cc(B=C)ccc1-2. The Hall–Kier alpha value is -4.56. The summed E-state index contributed by atoms with van der Waals surface area (Å²) in [4.78, 5) is 0. The van der Waals surface area contributed by atoms with Crippen LogP contribution in [-0.2, 0) is 5.41 Å². The number of fused-ring (bicyclic) bond motifs is 3. The van der Waals surface area contributed by atoms with E-state index in [4.69, 9.17) is 17.3 Å². The van der Waals surface area contributed by atoms with Gasteiger partial charge in [0.15, 0.2) is 0 Å². The molecule has 0 fully saturated rings. The van der Waals surface area contributed by atoms with E-state index in [1.54, 1.807) is 12.2 Å². The number of ether oxygens (including phenoxy) is 2. The van der Waals surface area contributed by atoms with Crippen LogP contribution in [0.3, 0.4) is 0 Å². The molecule has 0 spiro atoms. The number of unbranched alkanes of at least 4 members (excludes halogenated alkanes) is 2. The maximum atomic E-state index is 6.47. The summed E-state index contributed by atoms with van der Waals surface area (Å²) in [5, 5.41) is 0. The van der Waals surface area contributed by atoms with Crippen LogP contribution in [0.25, 0.3) is 11.1 Å². The van der Waals surface area contributed by atoms with E-state index in [2.05, 4.69) is 111 Å². The summed E-state index contributed by atoms with van der Waals surface area (Å²) in [7, 11) is 6.47. The Balaban J connectivity index is 1.54. The van der Waals surface area contributed by atoms with Crippen molar-refractivity contribution < 1.29 is 9.47 Å². The molecule has 216 valence electrons. The molecule has 0 atom stereocenters. The fourth-order valence-electron chi connectivity index (χ4n) is 6.04. The monoisotopic (exact) mass is 572 g/mol. The topological polar surface area (TPSA) is 18.5 Å². The van der Waals surface area contributed by atoms with Crippen molar-refractivity contribution in [3.63, 3.8) is 0 Å². The molecule has 4 heteroatoms. The van der Waals surface area contributed by atoms with E-state index in [9.17, 15) is 0 Å². The first kappa shape index (κ1) is 30.9. The minimum absolute atomic E-state index is 0.582. The van der Waals surface area contributed by atoms with Crippen molar-refractivity contribution in [2.24, 2.45) is 0 Å². The molecular formula is C40H38B2O2. The van der Waals surface area contributed by atoms with Gasteiger partial charge in [0.1, 0.15) is 0 Å². The van der Waals surface area contributed by atoms with E-state index in [1.807, 2.05) is 25.1 Å². The molecule has 0 unspecified atom stereocenters. The molecule has 4 aromatic carbocycles. The summed E-state index contributed by atoms with van der Waals surface area (Å²) in [6.45, 7) is 14.7. The summed E-state index contributed by atoms with van der Waals surface area (Å²) in [6.07, 6.45) is 15.6. The molecule has 0 N–H and O–H groups in total.